The van der Waals surface area contributed by atoms with Crippen molar-refractivity contribution in [1.82, 2.24) is 0 Å². The van der Waals surface area contributed by atoms with Crippen molar-refractivity contribution in [2.45, 2.75) is 72.2 Å². The van der Waals surface area contributed by atoms with Crippen LogP contribution in [0.3, 0.4) is 0 Å². The summed E-state index contributed by atoms with van der Waals surface area (Å²) in [4.78, 5) is 11.5. The van der Waals surface area contributed by atoms with E-state index < -0.39 is 18.3 Å². The molecule has 1 fully saturated rings. The molecule has 0 saturated carbocycles. The summed E-state index contributed by atoms with van der Waals surface area (Å²) in [5, 5.41) is 3.47. The molecule has 160 valence electrons. The van der Waals surface area contributed by atoms with Gasteiger partial charge in [0.15, 0.2) is 0 Å². The van der Waals surface area contributed by atoms with E-state index in [1.807, 2.05) is 45.9 Å². The molecule has 0 atom stereocenters. The predicted octanol–water partition coefficient (Wildman–Crippen LogP) is 4.92. The Labute approximate surface area is 180 Å². The standard InChI is InChI=1S/C24H32BNO4/c1-16(2)18-11-13-19(14-12-18)26-22-10-8-9-21(20(22)15-28-17(3)27)25-29-23(4,5)24(6,7)30-25/h8-14,16,26H,15H2,1-7H3. The molecule has 0 aliphatic carbocycles. The van der Waals surface area contributed by atoms with Gasteiger partial charge in [0, 0.05) is 23.9 Å². The van der Waals surface area contributed by atoms with E-state index in [0.717, 1.165) is 22.4 Å². The molecule has 0 radical (unpaired) electrons. The van der Waals surface area contributed by atoms with Gasteiger partial charge >= 0.3 is 13.1 Å². The van der Waals surface area contributed by atoms with Crippen molar-refractivity contribution in [1.29, 1.82) is 0 Å². The van der Waals surface area contributed by atoms with E-state index in [4.69, 9.17) is 14.0 Å². The molecule has 0 spiro atoms. The molecule has 1 heterocycles. The highest BCUT2D eigenvalue weighted by atomic mass is 16.7. The van der Waals surface area contributed by atoms with Crippen molar-refractivity contribution in [3.8, 4) is 0 Å². The van der Waals surface area contributed by atoms with Gasteiger partial charge in [0.05, 0.1) is 11.2 Å². The molecule has 2 aromatic carbocycles. The lowest BCUT2D eigenvalue weighted by molar-refractivity contribution is -0.142. The van der Waals surface area contributed by atoms with Crippen molar-refractivity contribution < 1.29 is 18.8 Å². The fourth-order valence-electron chi connectivity index (χ4n) is 3.35. The van der Waals surface area contributed by atoms with Crippen LogP contribution < -0.4 is 10.8 Å². The number of rotatable bonds is 6. The Balaban J connectivity index is 1.95. The molecule has 6 heteroatoms. The van der Waals surface area contributed by atoms with Gasteiger partial charge in [0.1, 0.15) is 6.61 Å². The molecule has 1 aliphatic heterocycles. The van der Waals surface area contributed by atoms with Gasteiger partial charge in [-0.25, -0.2) is 0 Å². The van der Waals surface area contributed by atoms with Gasteiger partial charge in [-0.3, -0.25) is 4.79 Å². The Kier molecular flexibility index (Phi) is 6.30. The third-order valence-corrected chi connectivity index (χ3v) is 6.00. The van der Waals surface area contributed by atoms with Gasteiger partial charge < -0.3 is 19.4 Å². The molecule has 1 saturated heterocycles. The van der Waals surface area contributed by atoms with Crippen LogP contribution in [0.15, 0.2) is 42.5 Å². The lowest BCUT2D eigenvalue weighted by atomic mass is 9.75. The monoisotopic (exact) mass is 409 g/mol. The Morgan fingerprint density at radius 1 is 1.03 bits per heavy atom. The Morgan fingerprint density at radius 2 is 1.63 bits per heavy atom. The number of nitrogens with one attached hydrogen (secondary N) is 1. The minimum atomic E-state index is -0.536. The van der Waals surface area contributed by atoms with E-state index in [1.54, 1.807) is 0 Å². The van der Waals surface area contributed by atoms with Crippen molar-refractivity contribution in [3.63, 3.8) is 0 Å². The van der Waals surface area contributed by atoms with E-state index in [1.165, 1.54) is 12.5 Å². The van der Waals surface area contributed by atoms with Crippen LogP contribution in [0.4, 0.5) is 11.4 Å². The van der Waals surface area contributed by atoms with E-state index in [-0.39, 0.29) is 12.6 Å². The van der Waals surface area contributed by atoms with Crippen LogP contribution in [0.1, 0.15) is 65.5 Å². The molecule has 0 aromatic heterocycles. The Hall–Kier alpha value is -2.31. The summed E-state index contributed by atoms with van der Waals surface area (Å²) in [6.07, 6.45) is 0. The van der Waals surface area contributed by atoms with E-state index >= 15 is 0 Å². The lowest BCUT2D eigenvalue weighted by Crippen LogP contribution is -2.41. The summed E-state index contributed by atoms with van der Waals surface area (Å²) < 4.78 is 17.9. The third kappa shape index (κ3) is 4.71. The van der Waals surface area contributed by atoms with Gasteiger partial charge in [-0.05, 0) is 62.8 Å². The second-order valence-corrected chi connectivity index (χ2v) is 9.14. The summed E-state index contributed by atoms with van der Waals surface area (Å²) >= 11 is 0. The molecule has 1 N–H and O–H groups in total. The van der Waals surface area contributed by atoms with Gasteiger partial charge in [0.2, 0.25) is 0 Å². The largest absolute Gasteiger partial charge is 0.495 e. The first kappa shape index (κ1) is 22.4. The molecule has 3 rings (SSSR count). The number of anilines is 2. The second kappa shape index (κ2) is 8.44. The highest BCUT2D eigenvalue weighted by Gasteiger charge is 2.52. The lowest BCUT2D eigenvalue weighted by Gasteiger charge is -2.32. The number of carbonyl (C=O) groups excluding carboxylic acids is 1. The zero-order chi connectivity index (χ0) is 22.1. The van der Waals surface area contributed by atoms with Gasteiger partial charge in [-0.1, -0.05) is 38.1 Å². The fraction of sp³-hybridized carbons (Fsp3) is 0.458. The first-order valence-corrected chi connectivity index (χ1v) is 10.5. The van der Waals surface area contributed by atoms with Crippen molar-refractivity contribution in [2.75, 3.05) is 5.32 Å². The van der Waals surface area contributed by atoms with Crippen LogP contribution in [0.2, 0.25) is 0 Å². The highest BCUT2D eigenvalue weighted by Crippen LogP contribution is 2.37. The Bertz CT molecular complexity index is 890. The van der Waals surface area contributed by atoms with Crippen LogP contribution in [0.25, 0.3) is 0 Å². The van der Waals surface area contributed by atoms with Gasteiger partial charge in [0.25, 0.3) is 0 Å². The van der Waals surface area contributed by atoms with E-state index in [0.29, 0.717) is 5.92 Å². The molecule has 0 amide bonds. The van der Waals surface area contributed by atoms with E-state index in [9.17, 15) is 4.79 Å². The van der Waals surface area contributed by atoms with Crippen LogP contribution in [-0.2, 0) is 25.4 Å². The minimum Gasteiger partial charge on any atom is -0.461 e. The van der Waals surface area contributed by atoms with Crippen molar-refractivity contribution in [3.05, 3.63) is 53.6 Å². The van der Waals surface area contributed by atoms with Crippen LogP contribution in [-0.4, -0.2) is 24.3 Å². The topological polar surface area (TPSA) is 56.8 Å². The number of hydrogen-bond acceptors (Lipinski definition) is 5. The average molecular weight is 409 g/mol. The van der Waals surface area contributed by atoms with Crippen LogP contribution in [0.5, 0.6) is 0 Å². The van der Waals surface area contributed by atoms with Gasteiger partial charge in [-0.15, -0.1) is 0 Å². The van der Waals surface area contributed by atoms with Crippen LogP contribution >= 0.6 is 0 Å². The van der Waals surface area contributed by atoms with Gasteiger partial charge in [-0.2, -0.15) is 0 Å². The molecule has 5 nitrogen and oxygen atoms in total. The quantitative estimate of drug-likeness (QED) is 0.543. The molecular weight excluding hydrogens is 377 g/mol. The molecule has 1 aliphatic rings. The maximum Gasteiger partial charge on any atom is 0.495 e. The van der Waals surface area contributed by atoms with Crippen molar-refractivity contribution >= 4 is 29.9 Å². The summed E-state index contributed by atoms with van der Waals surface area (Å²) in [6.45, 7) is 14.0. The first-order chi connectivity index (χ1) is 14.0. The molecule has 30 heavy (non-hydrogen) atoms. The molecular formula is C24H32BNO4. The summed E-state index contributed by atoms with van der Waals surface area (Å²) in [6, 6.07) is 14.3. The normalized spacial score (nSPS) is 17.3. The zero-order valence-corrected chi connectivity index (χ0v) is 19.0. The Morgan fingerprint density at radius 3 is 2.17 bits per heavy atom. The molecule has 0 unspecified atom stereocenters. The van der Waals surface area contributed by atoms with Crippen LogP contribution in [0, 0.1) is 0 Å². The molecule has 0 bridgehead atoms. The number of carbonyl (C=O) groups is 1. The summed E-state index contributed by atoms with van der Waals surface area (Å²) in [5.41, 5.74) is 3.92. The van der Waals surface area contributed by atoms with E-state index in [2.05, 4.69) is 43.4 Å². The zero-order valence-electron chi connectivity index (χ0n) is 19.0. The average Bonchev–Trinajstić information content (AvgIpc) is 2.88. The smallest absolute Gasteiger partial charge is 0.461 e. The SMILES string of the molecule is CC(=O)OCc1c(Nc2ccc(C(C)C)cc2)cccc1B1OC(C)(C)C(C)(C)O1. The third-order valence-electron chi connectivity index (χ3n) is 6.00. The number of ether oxygens (including phenoxy) is 1. The summed E-state index contributed by atoms with van der Waals surface area (Å²) in [7, 11) is -0.536. The number of hydrogen-bond donors (Lipinski definition) is 1. The maximum absolute atomic E-state index is 11.5. The number of benzene rings is 2. The molecule has 2 aromatic rings. The predicted molar refractivity (Wildman–Crippen MR) is 121 cm³/mol. The minimum absolute atomic E-state index is 0.141. The first-order valence-electron chi connectivity index (χ1n) is 10.5. The van der Waals surface area contributed by atoms with Crippen molar-refractivity contribution in [2.24, 2.45) is 0 Å². The number of esters is 1. The fourth-order valence-corrected chi connectivity index (χ4v) is 3.35. The highest BCUT2D eigenvalue weighted by molar-refractivity contribution is 6.62. The second-order valence-electron chi connectivity index (χ2n) is 9.14. The summed E-state index contributed by atoms with van der Waals surface area (Å²) in [5.74, 6) is 0.149. The maximum atomic E-state index is 11.5.